The summed E-state index contributed by atoms with van der Waals surface area (Å²) in [4.78, 5) is 30.4. The topological polar surface area (TPSA) is 125 Å². The van der Waals surface area contributed by atoms with E-state index in [1.54, 1.807) is 0 Å². The van der Waals surface area contributed by atoms with Crippen LogP contribution in [0, 0.1) is 6.92 Å². The van der Waals surface area contributed by atoms with E-state index in [0.29, 0.717) is 18.8 Å². The summed E-state index contributed by atoms with van der Waals surface area (Å²) in [5.74, 6) is -0.445. The van der Waals surface area contributed by atoms with Crippen molar-refractivity contribution < 1.29 is 4.79 Å². The molecule has 0 fully saturated rings. The van der Waals surface area contributed by atoms with E-state index in [-0.39, 0.29) is 17.3 Å². The number of nitrogens with zero attached hydrogens (tertiary/aromatic N) is 1. The number of carbonyl (C=O) groups is 1. The minimum atomic E-state index is -0.837. The molecule has 0 saturated heterocycles. The number of likely N-dealkylation sites (N-methyl/N-ethyl adjacent to an activating group) is 1. The molecule has 2 aromatic rings. The van der Waals surface area contributed by atoms with Crippen LogP contribution in [0.2, 0.25) is 0 Å². The van der Waals surface area contributed by atoms with Crippen LogP contribution in [0.25, 0.3) is 0 Å². The molecule has 0 aliphatic carbocycles. The summed E-state index contributed by atoms with van der Waals surface area (Å²) in [6.45, 7) is 3.21. The average molecular weight is 316 g/mol. The first kappa shape index (κ1) is 16.5. The second-order valence-electron chi connectivity index (χ2n) is 5.03. The molecule has 0 aliphatic heterocycles. The molecule has 122 valence electrons. The standard InChI is InChI=1S/C15H20N6O2/c1-9-4-3-5-10(8-9)19-13-11(12(16)22)14(23)21-15(20-13)18-7-6-17-2/h3-5,8,17H,6-7H2,1-2H3,(H2,16,22)(H3,18,19,20,21,23). The molecule has 0 saturated carbocycles. The molecule has 0 spiro atoms. The van der Waals surface area contributed by atoms with Crippen molar-refractivity contribution in [1.29, 1.82) is 0 Å². The van der Waals surface area contributed by atoms with Crippen LogP contribution in [0.1, 0.15) is 15.9 Å². The molecule has 0 bridgehead atoms. The van der Waals surface area contributed by atoms with E-state index >= 15 is 0 Å². The molecular formula is C15H20N6O2. The summed E-state index contributed by atoms with van der Waals surface area (Å²) in [7, 11) is 1.82. The monoisotopic (exact) mass is 316 g/mol. The lowest BCUT2D eigenvalue weighted by atomic mass is 10.2. The van der Waals surface area contributed by atoms with E-state index in [1.807, 2.05) is 38.2 Å². The van der Waals surface area contributed by atoms with Gasteiger partial charge in [-0.15, -0.1) is 0 Å². The van der Waals surface area contributed by atoms with Gasteiger partial charge in [-0.25, -0.2) is 0 Å². The van der Waals surface area contributed by atoms with Gasteiger partial charge in [-0.2, -0.15) is 4.98 Å². The fourth-order valence-electron chi connectivity index (χ4n) is 2.04. The third-order valence-corrected chi connectivity index (χ3v) is 3.11. The maximum atomic E-state index is 12.1. The Morgan fingerprint density at radius 2 is 2.13 bits per heavy atom. The van der Waals surface area contributed by atoms with E-state index in [4.69, 9.17) is 5.73 Å². The van der Waals surface area contributed by atoms with Gasteiger partial charge in [-0.1, -0.05) is 12.1 Å². The fourth-order valence-corrected chi connectivity index (χ4v) is 2.04. The molecule has 23 heavy (non-hydrogen) atoms. The van der Waals surface area contributed by atoms with Gasteiger partial charge in [-0.3, -0.25) is 14.6 Å². The lowest BCUT2D eigenvalue weighted by molar-refractivity contribution is 0.0999. The molecule has 0 unspecified atom stereocenters. The number of benzene rings is 1. The molecule has 1 amide bonds. The van der Waals surface area contributed by atoms with E-state index in [1.165, 1.54) is 0 Å². The molecule has 8 nitrogen and oxygen atoms in total. The molecule has 1 heterocycles. The summed E-state index contributed by atoms with van der Waals surface area (Å²) in [6, 6.07) is 7.49. The van der Waals surface area contributed by atoms with Crippen molar-refractivity contribution in [2.75, 3.05) is 30.8 Å². The van der Waals surface area contributed by atoms with Gasteiger partial charge in [0.25, 0.3) is 11.5 Å². The first-order chi connectivity index (χ1) is 11.0. The third kappa shape index (κ3) is 4.30. The van der Waals surface area contributed by atoms with Gasteiger partial charge in [-0.05, 0) is 31.7 Å². The summed E-state index contributed by atoms with van der Waals surface area (Å²) >= 11 is 0. The van der Waals surface area contributed by atoms with Crippen molar-refractivity contribution in [2.24, 2.45) is 5.73 Å². The number of primary amides is 1. The average Bonchev–Trinajstić information content (AvgIpc) is 2.46. The third-order valence-electron chi connectivity index (χ3n) is 3.11. The van der Waals surface area contributed by atoms with Crippen molar-refractivity contribution in [1.82, 2.24) is 15.3 Å². The van der Waals surface area contributed by atoms with Crippen molar-refractivity contribution in [3.8, 4) is 0 Å². The second-order valence-corrected chi connectivity index (χ2v) is 5.03. The normalized spacial score (nSPS) is 10.3. The number of aromatic nitrogens is 2. The highest BCUT2D eigenvalue weighted by Crippen LogP contribution is 2.18. The molecule has 2 rings (SSSR count). The summed E-state index contributed by atoms with van der Waals surface area (Å²) < 4.78 is 0. The predicted octanol–water partition coefficient (Wildman–Crippen LogP) is 0.552. The van der Waals surface area contributed by atoms with E-state index in [9.17, 15) is 9.59 Å². The number of anilines is 3. The highest BCUT2D eigenvalue weighted by Gasteiger charge is 2.16. The van der Waals surface area contributed by atoms with Crippen molar-refractivity contribution in [3.63, 3.8) is 0 Å². The molecule has 6 N–H and O–H groups in total. The number of nitrogens with one attached hydrogen (secondary N) is 4. The molecule has 0 atom stereocenters. The van der Waals surface area contributed by atoms with E-state index in [0.717, 1.165) is 5.56 Å². The maximum Gasteiger partial charge on any atom is 0.267 e. The Balaban J connectivity index is 2.37. The first-order valence-corrected chi connectivity index (χ1v) is 7.17. The zero-order valence-electron chi connectivity index (χ0n) is 13.1. The van der Waals surface area contributed by atoms with Crippen molar-refractivity contribution in [2.45, 2.75) is 6.92 Å². The molecule has 1 aromatic heterocycles. The van der Waals surface area contributed by atoms with Crippen LogP contribution in [0.5, 0.6) is 0 Å². The van der Waals surface area contributed by atoms with Crippen molar-refractivity contribution >= 4 is 23.4 Å². The lowest BCUT2D eigenvalue weighted by Gasteiger charge is -2.12. The van der Waals surface area contributed by atoms with Crippen LogP contribution in [-0.2, 0) is 0 Å². The van der Waals surface area contributed by atoms with Gasteiger partial charge in [0.05, 0.1) is 0 Å². The second kappa shape index (κ2) is 7.41. The molecule has 0 radical (unpaired) electrons. The van der Waals surface area contributed by atoms with Gasteiger partial charge >= 0.3 is 0 Å². The van der Waals surface area contributed by atoms with Gasteiger partial charge in [0.1, 0.15) is 5.56 Å². The SMILES string of the molecule is CNCCNc1nc(Nc2cccc(C)c2)c(C(N)=O)c(=O)[nH]1. The Bertz CT molecular complexity index is 756. The zero-order valence-corrected chi connectivity index (χ0v) is 13.1. The number of hydrogen-bond donors (Lipinski definition) is 5. The van der Waals surface area contributed by atoms with Crippen molar-refractivity contribution in [3.05, 3.63) is 45.7 Å². The maximum absolute atomic E-state index is 12.1. The Kier molecular flexibility index (Phi) is 5.32. The fraction of sp³-hybridized carbons (Fsp3) is 0.267. The Hall–Kier alpha value is -2.87. The first-order valence-electron chi connectivity index (χ1n) is 7.17. The Morgan fingerprint density at radius 1 is 1.35 bits per heavy atom. The molecule has 0 aliphatic rings. The largest absolute Gasteiger partial charge is 0.365 e. The number of nitrogens with two attached hydrogens (primary N) is 1. The quantitative estimate of drug-likeness (QED) is 0.475. The summed E-state index contributed by atoms with van der Waals surface area (Å²) in [6.07, 6.45) is 0. The molecule has 8 heteroatoms. The number of hydrogen-bond acceptors (Lipinski definition) is 6. The number of rotatable bonds is 7. The van der Waals surface area contributed by atoms with E-state index in [2.05, 4.69) is 25.9 Å². The minimum Gasteiger partial charge on any atom is -0.365 e. The number of carbonyl (C=O) groups excluding carboxylic acids is 1. The van der Waals surface area contributed by atoms with Crippen LogP contribution in [0.15, 0.2) is 29.1 Å². The summed E-state index contributed by atoms with van der Waals surface area (Å²) in [5, 5.41) is 8.92. The van der Waals surface area contributed by atoms with Gasteiger partial charge in [0.15, 0.2) is 5.82 Å². The number of H-pyrrole nitrogens is 1. The number of aromatic amines is 1. The van der Waals surface area contributed by atoms with Crippen LogP contribution >= 0.6 is 0 Å². The highest BCUT2D eigenvalue weighted by atomic mass is 16.2. The van der Waals surface area contributed by atoms with Gasteiger partial charge in [0, 0.05) is 18.8 Å². The Labute approximate surface area is 133 Å². The van der Waals surface area contributed by atoms with Crippen LogP contribution < -0.4 is 27.2 Å². The predicted molar refractivity (Wildman–Crippen MR) is 90.3 cm³/mol. The zero-order chi connectivity index (χ0) is 16.8. The highest BCUT2D eigenvalue weighted by molar-refractivity contribution is 5.98. The lowest BCUT2D eigenvalue weighted by Crippen LogP contribution is -2.28. The Morgan fingerprint density at radius 3 is 2.78 bits per heavy atom. The van der Waals surface area contributed by atoms with Crippen LogP contribution in [0.3, 0.4) is 0 Å². The van der Waals surface area contributed by atoms with E-state index < -0.39 is 11.5 Å². The van der Waals surface area contributed by atoms with Crippen LogP contribution in [-0.4, -0.2) is 36.0 Å². The smallest absolute Gasteiger partial charge is 0.267 e. The van der Waals surface area contributed by atoms with Gasteiger partial charge < -0.3 is 21.7 Å². The molecular weight excluding hydrogens is 296 g/mol. The molecule has 1 aromatic carbocycles. The van der Waals surface area contributed by atoms with Gasteiger partial charge in [0.2, 0.25) is 5.95 Å². The number of amides is 1. The van der Waals surface area contributed by atoms with Crippen LogP contribution in [0.4, 0.5) is 17.5 Å². The number of aryl methyl sites for hydroxylation is 1. The minimum absolute atomic E-state index is 0.124. The summed E-state index contributed by atoms with van der Waals surface area (Å²) in [5.41, 5.74) is 6.26.